The van der Waals surface area contributed by atoms with Crippen molar-refractivity contribution in [3.63, 3.8) is 0 Å². The summed E-state index contributed by atoms with van der Waals surface area (Å²) in [7, 11) is 0. The molecule has 0 aliphatic heterocycles. The highest BCUT2D eigenvalue weighted by Gasteiger charge is 2.31. The van der Waals surface area contributed by atoms with Crippen LogP contribution >= 0.6 is 0 Å². The molecular formula is C8H14F2. The maximum atomic E-state index is 12.7. The lowest BCUT2D eigenvalue weighted by Gasteiger charge is -2.18. The quantitative estimate of drug-likeness (QED) is 0.537. The lowest BCUT2D eigenvalue weighted by Crippen LogP contribution is -2.22. The van der Waals surface area contributed by atoms with Gasteiger partial charge in [-0.25, -0.2) is 8.78 Å². The third kappa shape index (κ3) is 2.95. The normalized spacial score (nSPS) is 12.1. The third-order valence-electron chi connectivity index (χ3n) is 1.53. The van der Waals surface area contributed by atoms with E-state index in [2.05, 4.69) is 6.58 Å². The standard InChI is InChI=1S/C8H14F2/c1-4-5-6-8(9,10)7(2)3/h4,7H,1,5-6H2,2-3H3. The molecule has 0 unspecified atom stereocenters. The topological polar surface area (TPSA) is 0 Å². The second kappa shape index (κ2) is 3.69. The molecular weight excluding hydrogens is 134 g/mol. The molecule has 60 valence electrons. The zero-order valence-corrected chi connectivity index (χ0v) is 6.53. The van der Waals surface area contributed by atoms with Gasteiger partial charge in [-0.1, -0.05) is 19.9 Å². The van der Waals surface area contributed by atoms with Crippen molar-refractivity contribution < 1.29 is 8.78 Å². The predicted molar refractivity (Wildman–Crippen MR) is 39.2 cm³/mol. The monoisotopic (exact) mass is 148 g/mol. The number of halogens is 2. The molecule has 0 aromatic heterocycles. The van der Waals surface area contributed by atoms with Crippen LogP contribution in [0.2, 0.25) is 0 Å². The van der Waals surface area contributed by atoms with E-state index in [-0.39, 0.29) is 6.42 Å². The summed E-state index contributed by atoms with van der Waals surface area (Å²) in [5.74, 6) is -3.08. The second-order valence-electron chi connectivity index (χ2n) is 2.74. The highest BCUT2D eigenvalue weighted by Crippen LogP contribution is 2.28. The molecule has 2 heteroatoms. The van der Waals surface area contributed by atoms with Crippen LogP contribution in [0.1, 0.15) is 26.7 Å². The number of rotatable bonds is 4. The molecule has 0 radical (unpaired) electrons. The molecule has 0 heterocycles. The fourth-order valence-corrected chi connectivity index (χ4v) is 0.583. The molecule has 0 aromatic carbocycles. The Hall–Kier alpha value is -0.400. The van der Waals surface area contributed by atoms with Crippen molar-refractivity contribution >= 4 is 0 Å². The maximum Gasteiger partial charge on any atom is 0.250 e. The first-order valence-corrected chi connectivity index (χ1v) is 3.49. The van der Waals surface area contributed by atoms with Crippen molar-refractivity contribution in [3.05, 3.63) is 12.7 Å². The Morgan fingerprint density at radius 2 is 2.00 bits per heavy atom. The van der Waals surface area contributed by atoms with Crippen LogP contribution in [0.15, 0.2) is 12.7 Å². The zero-order chi connectivity index (χ0) is 8.20. The lowest BCUT2D eigenvalue weighted by molar-refractivity contribution is -0.0512. The minimum absolute atomic E-state index is 0.0752. The minimum atomic E-state index is -2.52. The number of hydrogen-bond donors (Lipinski definition) is 0. The summed E-state index contributed by atoms with van der Waals surface area (Å²) in [6, 6.07) is 0. The first-order valence-electron chi connectivity index (χ1n) is 3.49. The summed E-state index contributed by atoms with van der Waals surface area (Å²) in [5.41, 5.74) is 0. The minimum Gasteiger partial charge on any atom is -0.207 e. The molecule has 0 aliphatic rings. The fourth-order valence-electron chi connectivity index (χ4n) is 0.583. The van der Waals surface area contributed by atoms with Crippen LogP contribution < -0.4 is 0 Å². The average molecular weight is 148 g/mol. The van der Waals surface area contributed by atoms with Gasteiger partial charge in [0.25, 0.3) is 5.92 Å². The smallest absolute Gasteiger partial charge is 0.207 e. The second-order valence-corrected chi connectivity index (χ2v) is 2.74. The highest BCUT2D eigenvalue weighted by atomic mass is 19.3. The van der Waals surface area contributed by atoms with Crippen LogP contribution in [0.4, 0.5) is 8.78 Å². The van der Waals surface area contributed by atoms with Crippen LogP contribution in [-0.4, -0.2) is 5.92 Å². The van der Waals surface area contributed by atoms with Crippen molar-refractivity contribution in [1.29, 1.82) is 0 Å². The van der Waals surface area contributed by atoms with Crippen molar-refractivity contribution in [3.8, 4) is 0 Å². The molecule has 0 nitrogen and oxygen atoms in total. The van der Waals surface area contributed by atoms with Crippen molar-refractivity contribution in [2.24, 2.45) is 5.92 Å². The van der Waals surface area contributed by atoms with Gasteiger partial charge in [-0.3, -0.25) is 0 Å². The molecule has 0 aromatic rings. The molecule has 0 spiro atoms. The Balaban J connectivity index is 3.74. The van der Waals surface area contributed by atoms with E-state index in [0.717, 1.165) is 0 Å². The van der Waals surface area contributed by atoms with Gasteiger partial charge in [0.2, 0.25) is 0 Å². The molecule has 0 bridgehead atoms. The van der Waals surface area contributed by atoms with Crippen LogP contribution in [0.3, 0.4) is 0 Å². The average Bonchev–Trinajstić information content (AvgIpc) is 1.84. The maximum absolute atomic E-state index is 12.7. The van der Waals surface area contributed by atoms with Gasteiger partial charge < -0.3 is 0 Å². The van der Waals surface area contributed by atoms with Gasteiger partial charge >= 0.3 is 0 Å². The van der Waals surface area contributed by atoms with Crippen LogP contribution in [-0.2, 0) is 0 Å². The van der Waals surface area contributed by atoms with Gasteiger partial charge in [-0.05, 0) is 6.42 Å². The molecule has 0 amide bonds. The Kier molecular flexibility index (Phi) is 3.54. The summed E-state index contributed by atoms with van der Waals surface area (Å²) in [6.45, 7) is 6.45. The van der Waals surface area contributed by atoms with E-state index in [0.29, 0.717) is 6.42 Å². The first kappa shape index (κ1) is 9.60. The van der Waals surface area contributed by atoms with E-state index in [1.807, 2.05) is 0 Å². The lowest BCUT2D eigenvalue weighted by atomic mass is 10.0. The van der Waals surface area contributed by atoms with Crippen molar-refractivity contribution in [2.45, 2.75) is 32.6 Å². The van der Waals surface area contributed by atoms with Gasteiger partial charge in [0.1, 0.15) is 0 Å². The fraction of sp³-hybridized carbons (Fsp3) is 0.750. The first-order chi connectivity index (χ1) is 4.50. The summed E-state index contributed by atoms with van der Waals surface area (Å²) >= 11 is 0. The zero-order valence-electron chi connectivity index (χ0n) is 6.53. The Morgan fingerprint density at radius 3 is 2.30 bits per heavy atom. The molecule has 0 saturated heterocycles. The SMILES string of the molecule is C=CCCC(F)(F)C(C)C. The van der Waals surface area contributed by atoms with E-state index in [1.165, 1.54) is 19.9 Å². The van der Waals surface area contributed by atoms with Crippen molar-refractivity contribution in [1.82, 2.24) is 0 Å². The van der Waals surface area contributed by atoms with E-state index >= 15 is 0 Å². The molecule has 0 atom stereocenters. The number of hydrogen-bond acceptors (Lipinski definition) is 0. The van der Waals surface area contributed by atoms with E-state index in [4.69, 9.17) is 0 Å². The molecule has 10 heavy (non-hydrogen) atoms. The largest absolute Gasteiger partial charge is 0.250 e. The van der Waals surface area contributed by atoms with Gasteiger partial charge in [-0.15, -0.1) is 6.58 Å². The highest BCUT2D eigenvalue weighted by molar-refractivity contribution is 4.76. The van der Waals surface area contributed by atoms with E-state index < -0.39 is 11.8 Å². The molecule has 0 rings (SSSR count). The van der Waals surface area contributed by atoms with Gasteiger partial charge in [0.15, 0.2) is 0 Å². The summed E-state index contributed by atoms with van der Waals surface area (Å²) in [4.78, 5) is 0. The number of allylic oxidation sites excluding steroid dienone is 1. The van der Waals surface area contributed by atoms with Crippen LogP contribution in [0.5, 0.6) is 0 Å². The van der Waals surface area contributed by atoms with Crippen molar-refractivity contribution in [2.75, 3.05) is 0 Å². The van der Waals surface area contributed by atoms with Gasteiger partial charge in [-0.2, -0.15) is 0 Å². The Bertz CT molecular complexity index is 106. The molecule has 0 saturated carbocycles. The summed E-state index contributed by atoms with van der Waals surface area (Å²) in [6.07, 6.45) is 1.84. The molecule has 0 fully saturated rings. The number of alkyl halides is 2. The Labute approximate surface area is 60.9 Å². The summed E-state index contributed by atoms with van der Waals surface area (Å²) < 4.78 is 25.4. The third-order valence-corrected chi connectivity index (χ3v) is 1.53. The van der Waals surface area contributed by atoms with Crippen LogP contribution in [0.25, 0.3) is 0 Å². The molecule has 0 N–H and O–H groups in total. The predicted octanol–water partition coefficient (Wildman–Crippen LogP) is 3.24. The Morgan fingerprint density at radius 1 is 1.50 bits per heavy atom. The van der Waals surface area contributed by atoms with Gasteiger partial charge in [0, 0.05) is 12.3 Å². The van der Waals surface area contributed by atoms with E-state index in [9.17, 15) is 8.78 Å². The van der Waals surface area contributed by atoms with Gasteiger partial charge in [0.05, 0.1) is 0 Å². The van der Waals surface area contributed by atoms with E-state index in [1.54, 1.807) is 0 Å². The summed E-state index contributed by atoms with van der Waals surface area (Å²) in [5, 5.41) is 0. The van der Waals surface area contributed by atoms with Crippen LogP contribution in [0, 0.1) is 5.92 Å². The molecule has 0 aliphatic carbocycles.